The van der Waals surface area contributed by atoms with Gasteiger partial charge in [0.2, 0.25) is 0 Å². The number of carboxylic acid groups (broad SMARTS) is 1. The monoisotopic (exact) mass is 479 g/mol. The Balaban J connectivity index is 1.40. The van der Waals surface area contributed by atoms with Crippen molar-refractivity contribution in [2.24, 2.45) is 5.92 Å². The Kier molecular flexibility index (Phi) is 7.87. The summed E-state index contributed by atoms with van der Waals surface area (Å²) in [5.74, 6) is 1.31. The van der Waals surface area contributed by atoms with Gasteiger partial charge in [-0.15, -0.1) is 0 Å². The molecule has 0 radical (unpaired) electrons. The molecule has 0 atom stereocenters. The largest absolute Gasteiger partial charge is 0.493 e. The van der Waals surface area contributed by atoms with E-state index in [9.17, 15) is 9.18 Å². The van der Waals surface area contributed by atoms with Crippen LogP contribution in [0.3, 0.4) is 0 Å². The molecule has 1 N–H and O–H groups in total. The number of ether oxygens (including phenoxy) is 3. The van der Waals surface area contributed by atoms with E-state index in [1.54, 1.807) is 36.4 Å². The topological polar surface area (TPSA) is 68.2 Å². The fraction of sp³-hybridized carbons (Fsp3) is 0.321. The molecule has 6 nitrogen and oxygen atoms in total. The van der Waals surface area contributed by atoms with Gasteiger partial charge in [-0.2, -0.15) is 0 Å². The molecule has 1 aliphatic heterocycles. The van der Waals surface area contributed by atoms with E-state index in [0.717, 1.165) is 47.8 Å². The van der Waals surface area contributed by atoms with Gasteiger partial charge in [0.05, 0.1) is 30.9 Å². The van der Waals surface area contributed by atoms with Crippen LogP contribution in [0.1, 0.15) is 29.8 Å². The van der Waals surface area contributed by atoms with E-state index < -0.39 is 5.97 Å². The highest BCUT2D eigenvalue weighted by Crippen LogP contribution is 2.40. The van der Waals surface area contributed by atoms with Crippen molar-refractivity contribution < 1.29 is 28.5 Å². The van der Waals surface area contributed by atoms with Crippen LogP contribution in [0.5, 0.6) is 17.2 Å². The molecule has 1 saturated heterocycles. The van der Waals surface area contributed by atoms with Gasteiger partial charge in [0.15, 0.2) is 0 Å². The average molecular weight is 480 g/mol. The van der Waals surface area contributed by atoms with E-state index in [2.05, 4.69) is 4.90 Å². The zero-order valence-electron chi connectivity index (χ0n) is 20.0. The summed E-state index contributed by atoms with van der Waals surface area (Å²) in [6.45, 7) is 8.06. The number of carbonyl (C=O) groups is 1. The number of halogens is 1. The van der Waals surface area contributed by atoms with Crippen molar-refractivity contribution in [2.75, 3.05) is 32.9 Å². The van der Waals surface area contributed by atoms with E-state index in [4.69, 9.17) is 19.3 Å². The molecule has 0 bridgehead atoms. The Morgan fingerprint density at radius 2 is 1.54 bits per heavy atom. The molecule has 7 heteroatoms. The molecule has 1 heterocycles. The van der Waals surface area contributed by atoms with Gasteiger partial charge in [0.25, 0.3) is 0 Å². The predicted octanol–water partition coefficient (Wildman–Crippen LogP) is 5.50. The van der Waals surface area contributed by atoms with Crippen LogP contribution in [-0.2, 0) is 6.54 Å². The Labute approximate surface area is 204 Å². The molecule has 35 heavy (non-hydrogen) atoms. The minimum Gasteiger partial charge on any atom is -0.493 e. The quantitative estimate of drug-likeness (QED) is 0.392. The van der Waals surface area contributed by atoms with Crippen molar-refractivity contribution in [3.8, 4) is 28.4 Å². The molecular weight excluding hydrogens is 449 g/mol. The maximum Gasteiger partial charge on any atom is 0.335 e. The first-order valence-corrected chi connectivity index (χ1v) is 11.8. The minimum atomic E-state index is -0.947. The highest BCUT2D eigenvalue weighted by molar-refractivity contribution is 5.87. The van der Waals surface area contributed by atoms with Crippen molar-refractivity contribution >= 4 is 5.97 Å². The number of likely N-dealkylation sites (tertiary alicyclic amines) is 1. The van der Waals surface area contributed by atoms with Crippen molar-refractivity contribution in [2.45, 2.75) is 20.4 Å². The minimum absolute atomic E-state index is 0.246. The number of nitrogens with zero attached hydrogens (tertiary/aromatic N) is 1. The second kappa shape index (κ2) is 11.2. The molecule has 0 saturated carbocycles. The van der Waals surface area contributed by atoms with E-state index >= 15 is 0 Å². The summed E-state index contributed by atoms with van der Waals surface area (Å²) >= 11 is 0. The average Bonchev–Trinajstić information content (AvgIpc) is 2.82. The molecule has 184 valence electrons. The van der Waals surface area contributed by atoms with Crippen LogP contribution in [0.15, 0.2) is 60.7 Å². The zero-order valence-corrected chi connectivity index (χ0v) is 20.0. The fourth-order valence-electron chi connectivity index (χ4n) is 4.25. The highest BCUT2D eigenvalue weighted by atomic mass is 19.1. The number of benzene rings is 3. The normalized spacial score (nSPS) is 13.8. The molecule has 1 aliphatic rings. The SMILES string of the molecule is CCOc1cc(CN2CC(COc3ccc(C(=O)O)cc3)C2)cc(OCC)c1-c1ccc(F)cc1. The summed E-state index contributed by atoms with van der Waals surface area (Å²) < 4.78 is 31.2. The van der Waals surface area contributed by atoms with Gasteiger partial charge in [-0.25, -0.2) is 9.18 Å². The lowest BCUT2D eigenvalue weighted by molar-refractivity contribution is 0.0556. The summed E-state index contributed by atoms with van der Waals surface area (Å²) in [5.41, 5.74) is 3.02. The van der Waals surface area contributed by atoms with Gasteiger partial charge in [-0.1, -0.05) is 12.1 Å². The van der Waals surface area contributed by atoms with Gasteiger partial charge in [0, 0.05) is 25.6 Å². The lowest BCUT2D eigenvalue weighted by atomic mass is 9.98. The third-order valence-electron chi connectivity index (χ3n) is 5.88. The molecule has 0 aliphatic carbocycles. The van der Waals surface area contributed by atoms with Crippen molar-refractivity contribution in [1.29, 1.82) is 0 Å². The second-order valence-electron chi connectivity index (χ2n) is 8.54. The first-order valence-electron chi connectivity index (χ1n) is 11.8. The van der Waals surface area contributed by atoms with Gasteiger partial charge in [0.1, 0.15) is 23.1 Å². The molecular formula is C28H30FNO5. The molecule has 0 amide bonds. The fourth-order valence-corrected chi connectivity index (χ4v) is 4.25. The van der Waals surface area contributed by atoms with Gasteiger partial charge in [-0.3, -0.25) is 4.90 Å². The molecule has 0 aromatic heterocycles. The van der Waals surface area contributed by atoms with E-state index in [0.29, 0.717) is 31.5 Å². The molecule has 1 fully saturated rings. The number of aromatic carboxylic acids is 1. The smallest absolute Gasteiger partial charge is 0.335 e. The number of carboxylic acids is 1. The van der Waals surface area contributed by atoms with Crippen molar-refractivity contribution in [1.82, 2.24) is 4.90 Å². The second-order valence-corrected chi connectivity index (χ2v) is 8.54. The Morgan fingerprint density at radius 1 is 0.943 bits per heavy atom. The third-order valence-corrected chi connectivity index (χ3v) is 5.88. The van der Waals surface area contributed by atoms with E-state index in [1.165, 1.54) is 12.1 Å². The first-order chi connectivity index (χ1) is 17.0. The highest BCUT2D eigenvalue weighted by Gasteiger charge is 2.28. The number of hydrogen-bond acceptors (Lipinski definition) is 5. The molecule has 3 aromatic carbocycles. The summed E-state index contributed by atoms with van der Waals surface area (Å²) in [5, 5.41) is 8.99. The lowest BCUT2D eigenvalue weighted by Crippen LogP contribution is -2.48. The Bertz CT molecular complexity index is 1110. The van der Waals surface area contributed by atoms with Crippen LogP contribution in [0.4, 0.5) is 4.39 Å². The Morgan fingerprint density at radius 3 is 2.09 bits per heavy atom. The summed E-state index contributed by atoms with van der Waals surface area (Å²) in [6, 6.07) is 16.9. The summed E-state index contributed by atoms with van der Waals surface area (Å²) in [7, 11) is 0. The van der Waals surface area contributed by atoms with Gasteiger partial charge in [-0.05, 0) is 73.5 Å². The van der Waals surface area contributed by atoms with Gasteiger partial charge >= 0.3 is 5.97 Å². The van der Waals surface area contributed by atoms with Crippen molar-refractivity contribution in [3.63, 3.8) is 0 Å². The van der Waals surface area contributed by atoms with Crippen LogP contribution in [0, 0.1) is 11.7 Å². The van der Waals surface area contributed by atoms with Crippen LogP contribution in [0.25, 0.3) is 11.1 Å². The van der Waals surface area contributed by atoms with Crippen LogP contribution in [-0.4, -0.2) is 48.9 Å². The Hall–Kier alpha value is -3.58. The first kappa shape index (κ1) is 24.5. The van der Waals surface area contributed by atoms with Crippen LogP contribution < -0.4 is 14.2 Å². The molecule has 3 aromatic rings. The summed E-state index contributed by atoms with van der Waals surface area (Å²) in [4.78, 5) is 13.3. The third kappa shape index (κ3) is 6.11. The lowest BCUT2D eigenvalue weighted by Gasteiger charge is -2.39. The van der Waals surface area contributed by atoms with Gasteiger partial charge < -0.3 is 19.3 Å². The standard InChI is InChI=1S/C28H30FNO5/c1-3-33-25-13-19(14-26(34-4-2)27(25)21-5-9-23(29)10-6-21)15-30-16-20(17-30)18-35-24-11-7-22(8-12-24)28(31)32/h5-14,20H,3-4,15-18H2,1-2H3,(H,31,32). The van der Waals surface area contributed by atoms with Crippen LogP contribution >= 0.6 is 0 Å². The maximum absolute atomic E-state index is 13.5. The van der Waals surface area contributed by atoms with E-state index in [1.807, 2.05) is 26.0 Å². The van der Waals surface area contributed by atoms with Crippen molar-refractivity contribution in [3.05, 3.63) is 77.6 Å². The molecule has 4 rings (SSSR count). The zero-order chi connectivity index (χ0) is 24.8. The maximum atomic E-state index is 13.5. The predicted molar refractivity (Wildman–Crippen MR) is 132 cm³/mol. The number of rotatable bonds is 11. The van der Waals surface area contributed by atoms with Crippen LogP contribution in [0.2, 0.25) is 0 Å². The summed E-state index contributed by atoms with van der Waals surface area (Å²) in [6.07, 6.45) is 0. The van der Waals surface area contributed by atoms with E-state index in [-0.39, 0.29) is 11.4 Å². The number of hydrogen-bond donors (Lipinski definition) is 1. The molecule has 0 spiro atoms. The molecule has 0 unspecified atom stereocenters.